The van der Waals surface area contributed by atoms with E-state index in [1.54, 1.807) is 31.2 Å². The normalized spacial score (nSPS) is 15.5. The maximum Gasteiger partial charge on any atom is 0.308 e. The van der Waals surface area contributed by atoms with Gasteiger partial charge in [-0.3, -0.25) is 19.1 Å². The largest absolute Gasteiger partial charge is 0.420 e. The number of benzene rings is 2. The van der Waals surface area contributed by atoms with E-state index in [-0.39, 0.29) is 12.2 Å². The maximum atomic E-state index is 14.2. The van der Waals surface area contributed by atoms with Crippen molar-refractivity contribution in [3.05, 3.63) is 93.4 Å². The Kier molecular flexibility index (Phi) is 6.04. The quantitative estimate of drug-likeness (QED) is 0.554. The first kappa shape index (κ1) is 22.3. The molecule has 3 aromatic rings. The second kappa shape index (κ2) is 8.93. The molecule has 7 nitrogen and oxygen atoms in total. The number of ether oxygens (including phenoxy) is 1. The molecule has 2 heterocycles. The van der Waals surface area contributed by atoms with Gasteiger partial charge in [0.05, 0.1) is 12.2 Å². The number of fused-ring (bicyclic) bond motifs is 1. The molecule has 4 rings (SSSR count). The summed E-state index contributed by atoms with van der Waals surface area (Å²) in [6.07, 6.45) is 0.970. The highest BCUT2D eigenvalue weighted by Crippen LogP contribution is 2.39. The van der Waals surface area contributed by atoms with E-state index in [9.17, 15) is 23.2 Å². The highest BCUT2D eigenvalue weighted by molar-refractivity contribution is 5.96. The lowest BCUT2D eigenvalue weighted by molar-refractivity contribution is -0.132. The van der Waals surface area contributed by atoms with E-state index >= 15 is 0 Å². The molecular weight excluding hydrogens is 432 g/mol. The Bertz CT molecular complexity index is 1250. The fraction of sp³-hybridized carbons (Fsp3) is 0.250. The van der Waals surface area contributed by atoms with Crippen molar-refractivity contribution in [2.24, 2.45) is 0 Å². The monoisotopic (exact) mass is 453 g/mol. The van der Waals surface area contributed by atoms with Gasteiger partial charge in [0.2, 0.25) is 11.2 Å². The minimum absolute atomic E-state index is 0.162. The van der Waals surface area contributed by atoms with Crippen LogP contribution in [-0.2, 0) is 4.79 Å². The van der Waals surface area contributed by atoms with Crippen LogP contribution in [0, 0.1) is 11.6 Å². The second-order valence-electron chi connectivity index (χ2n) is 7.72. The van der Waals surface area contributed by atoms with E-state index < -0.39 is 46.6 Å². The molecule has 1 amide bonds. The number of amides is 1. The Hall–Kier alpha value is -3.88. The number of likely N-dealkylation sites (N-methyl/N-ethyl adjacent to an activating group) is 1. The Morgan fingerprint density at radius 2 is 1.73 bits per heavy atom. The van der Waals surface area contributed by atoms with E-state index in [1.807, 2.05) is 0 Å². The zero-order valence-corrected chi connectivity index (χ0v) is 18.0. The van der Waals surface area contributed by atoms with Crippen molar-refractivity contribution in [2.75, 3.05) is 13.1 Å². The molecule has 170 valence electrons. The molecule has 0 radical (unpaired) electrons. The topological polar surface area (TPSA) is 81.5 Å². The summed E-state index contributed by atoms with van der Waals surface area (Å²) < 4.78 is 34.8. The first-order valence-electron chi connectivity index (χ1n) is 10.4. The molecule has 0 unspecified atom stereocenters. The van der Waals surface area contributed by atoms with Gasteiger partial charge in [0, 0.05) is 25.9 Å². The van der Waals surface area contributed by atoms with Crippen LogP contribution in [0.15, 0.2) is 59.5 Å². The summed E-state index contributed by atoms with van der Waals surface area (Å²) in [6, 6.07) is 11.2. The Morgan fingerprint density at radius 3 is 2.24 bits per heavy atom. The van der Waals surface area contributed by atoms with Gasteiger partial charge in [-0.15, -0.1) is 0 Å². The Labute approximate surface area is 188 Å². The number of hydrogen-bond donors (Lipinski definition) is 0. The third-order valence-corrected chi connectivity index (χ3v) is 5.61. The van der Waals surface area contributed by atoms with E-state index in [4.69, 9.17) is 4.74 Å². The van der Waals surface area contributed by atoms with Crippen LogP contribution in [0.4, 0.5) is 8.78 Å². The average molecular weight is 453 g/mol. The zero-order chi connectivity index (χ0) is 23.7. The predicted octanol–water partition coefficient (Wildman–Crippen LogP) is 3.30. The lowest BCUT2D eigenvalue weighted by Crippen LogP contribution is -2.47. The Balaban J connectivity index is 1.98. The molecule has 1 aliphatic rings. The first-order chi connectivity index (χ1) is 15.8. The summed E-state index contributed by atoms with van der Waals surface area (Å²) in [5.41, 5.74) is 0.191. The molecule has 9 heteroatoms. The molecule has 33 heavy (non-hydrogen) atoms. The number of rotatable bonds is 5. The summed E-state index contributed by atoms with van der Waals surface area (Å²) in [7, 11) is 0. The summed E-state index contributed by atoms with van der Waals surface area (Å²) in [5, 5.41) is 4.18. The molecule has 2 aromatic carbocycles. The summed E-state index contributed by atoms with van der Waals surface area (Å²) in [5.74, 6) is -3.26. The second-order valence-corrected chi connectivity index (χ2v) is 7.72. The van der Waals surface area contributed by atoms with Crippen LogP contribution in [0.1, 0.15) is 47.4 Å². The van der Waals surface area contributed by atoms with Crippen LogP contribution in [-0.4, -0.2) is 39.6 Å². The molecule has 1 aromatic heterocycles. The summed E-state index contributed by atoms with van der Waals surface area (Å²) >= 11 is 0. The fourth-order valence-electron chi connectivity index (χ4n) is 4.23. The van der Waals surface area contributed by atoms with Gasteiger partial charge >= 0.3 is 5.97 Å². The molecule has 0 saturated carbocycles. The third-order valence-electron chi connectivity index (χ3n) is 5.61. The predicted molar refractivity (Wildman–Crippen MR) is 115 cm³/mol. The first-order valence-corrected chi connectivity index (χ1v) is 10.4. The standard InChI is InChI=1S/C24H21F2N3O4/c1-3-28-13-19(29-22(24(28)32)23(33-14(2)30)20(31)12-27-29)21(15-6-4-8-17(25)10-15)16-7-5-9-18(26)11-16/h4-12,19,21H,3,13H2,1-2H3/t19-/m1/s1. The SMILES string of the molecule is CCN1C[C@H](C(c2cccc(F)c2)c2cccc(F)c2)n2ncc(=O)c(OC(C)=O)c2C1=O. The maximum absolute atomic E-state index is 14.2. The Morgan fingerprint density at radius 1 is 1.12 bits per heavy atom. The zero-order valence-electron chi connectivity index (χ0n) is 18.0. The van der Waals surface area contributed by atoms with Gasteiger partial charge in [-0.1, -0.05) is 24.3 Å². The van der Waals surface area contributed by atoms with Crippen LogP contribution in [0.25, 0.3) is 0 Å². The third kappa shape index (κ3) is 4.26. The highest BCUT2D eigenvalue weighted by atomic mass is 19.1. The molecular formula is C24H21F2N3O4. The minimum Gasteiger partial charge on any atom is -0.420 e. The number of esters is 1. The lowest BCUT2D eigenvalue weighted by atomic mass is 9.83. The molecule has 0 aliphatic carbocycles. The molecule has 0 spiro atoms. The molecule has 1 atom stereocenters. The van der Waals surface area contributed by atoms with Gasteiger partial charge in [0.1, 0.15) is 11.6 Å². The van der Waals surface area contributed by atoms with Gasteiger partial charge < -0.3 is 9.64 Å². The van der Waals surface area contributed by atoms with Gasteiger partial charge in [0.15, 0.2) is 5.69 Å². The van der Waals surface area contributed by atoms with Gasteiger partial charge in [-0.25, -0.2) is 8.78 Å². The smallest absolute Gasteiger partial charge is 0.308 e. The van der Waals surface area contributed by atoms with E-state index in [0.29, 0.717) is 17.7 Å². The summed E-state index contributed by atoms with van der Waals surface area (Å²) in [6.45, 7) is 3.36. The number of aromatic nitrogens is 2. The molecule has 1 aliphatic heterocycles. The molecule has 0 bridgehead atoms. The molecule has 0 saturated heterocycles. The van der Waals surface area contributed by atoms with E-state index in [1.165, 1.54) is 33.8 Å². The van der Waals surface area contributed by atoms with E-state index in [2.05, 4.69) is 5.10 Å². The highest BCUT2D eigenvalue weighted by Gasteiger charge is 2.40. The van der Waals surface area contributed by atoms with Crippen molar-refractivity contribution in [3.8, 4) is 5.75 Å². The van der Waals surface area contributed by atoms with Crippen LogP contribution < -0.4 is 10.2 Å². The summed E-state index contributed by atoms with van der Waals surface area (Å²) in [4.78, 5) is 38.7. The van der Waals surface area contributed by atoms with Crippen molar-refractivity contribution in [2.45, 2.75) is 25.8 Å². The lowest BCUT2D eigenvalue weighted by Gasteiger charge is -2.39. The van der Waals surface area contributed by atoms with Crippen molar-refractivity contribution in [1.82, 2.24) is 14.7 Å². The van der Waals surface area contributed by atoms with Crippen molar-refractivity contribution >= 4 is 11.9 Å². The molecule has 0 fully saturated rings. The number of halogens is 2. The number of carbonyl (C=O) groups is 2. The van der Waals surface area contributed by atoms with Crippen LogP contribution in [0.2, 0.25) is 0 Å². The minimum atomic E-state index is -0.758. The van der Waals surface area contributed by atoms with Crippen molar-refractivity contribution in [1.29, 1.82) is 0 Å². The van der Waals surface area contributed by atoms with Gasteiger partial charge in [-0.2, -0.15) is 5.10 Å². The molecule has 0 N–H and O–H groups in total. The van der Waals surface area contributed by atoms with Gasteiger partial charge in [-0.05, 0) is 42.3 Å². The number of carbonyl (C=O) groups excluding carboxylic acids is 2. The average Bonchev–Trinajstić information content (AvgIpc) is 2.77. The number of nitrogens with zero attached hydrogens (tertiary/aromatic N) is 3. The van der Waals surface area contributed by atoms with Crippen molar-refractivity contribution in [3.63, 3.8) is 0 Å². The van der Waals surface area contributed by atoms with Crippen LogP contribution >= 0.6 is 0 Å². The van der Waals surface area contributed by atoms with Crippen LogP contribution in [0.5, 0.6) is 5.75 Å². The van der Waals surface area contributed by atoms with Gasteiger partial charge in [0.25, 0.3) is 5.91 Å². The van der Waals surface area contributed by atoms with E-state index in [0.717, 1.165) is 13.1 Å². The van der Waals surface area contributed by atoms with Crippen LogP contribution in [0.3, 0.4) is 0 Å². The number of hydrogen-bond acceptors (Lipinski definition) is 5. The van der Waals surface area contributed by atoms with Crippen molar-refractivity contribution < 1.29 is 23.1 Å². The fourth-order valence-corrected chi connectivity index (χ4v) is 4.23.